The van der Waals surface area contributed by atoms with Crippen LogP contribution < -0.4 is 23.8 Å². The molecule has 1 atom stereocenters. The summed E-state index contributed by atoms with van der Waals surface area (Å²) in [6, 6.07) is 0. The molecule has 0 aromatic heterocycles. The van der Waals surface area contributed by atoms with Gasteiger partial charge in [-0.05, 0) is 4.53 Å². The monoisotopic (exact) mass is 222 g/mol. The first-order valence-corrected chi connectivity index (χ1v) is 4.62. The maximum atomic E-state index is 11.2. The molecular weight excluding hydrogens is 222 g/mol. The average molecular weight is 222 g/mol. The van der Waals surface area contributed by atoms with E-state index in [0.29, 0.717) is 0 Å². The van der Waals surface area contributed by atoms with Gasteiger partial charge in [-0.2, -0.15) is 0 Å². The summed E-state index contributed by atoms with van der Waals surface area (Å²) in [6.07, 6.45) is 0. The second kappa shape index (κ2) is 5.42. The SMILES string of the molecule is O=P(F)(F)OOP(=O)([O-])OF.[Li+]. The third kappa shape index (κ3) is 8.78. The largest absolute Gasteiger partial charge is 1.00 e. The summed E-state index contributed by atoms with van der Waals surface area (Å²) in [7, 11) is -11.7. The Kier molecular flexibility index (Phi) is 6.86. The van der Waals surface area contributed by atoms with Crippen LogP contribution >= 0.6 is 15.8 Å². The Morgan fingerprint density at radius 2 is 1.58 bits per heavy atom. The van der Waals surface area contributed by atoms with Gasteiger partial charge in [-0.15, -0.1) is 22.5 Å². The van der Waals surface area contributed by atoms with E-state index < -0.39 is 15.8 Å². The molecule has 12 heteroatoms. The molecule has 0 heterocycles. The Labute approximate surface area is 76.3 Å². The van der Waals surface area contributed by atoms with Crippen LogP contribution in [-0.4, -0.2) is 0 Å². The van der Waals surface area contributed by atoms with Gasteiger partial charge >= 0.3 is 34.7 Å². The molecule has 68 valence electrons. The fourth-order valence-electron chi connectivity index (χ4n) is 0.0911. The van der Waals surface area contributed by atoms with Crippen molar-refractivity contribution in [1.29, 1.82) is 0 Å². The van der Waals surface area contributed by atoms with Gasteiger partial charge in [0.1, 0.15) is 0 Å². The van der Waals surface area contributed by atoms with Crippen LogP contribution in [0, 0.1) is 0 Å². The quantitative estimate of drug-likeness (QED) is 0.245. The van der Waals surface area contributed by atoms with Crippen LogP contribution in [0.15, 0.2) is 0 Å². The van der Waals surface area contributed by atoms with E-state index in [1.165, 1.54) is 0 Å². The van der Waals surface area contributed by atoms with E-state index in [0.717, 1.165) is 0 Å². The minimum Gasteiger partial charge on any atom is -0.753 e. The van der Waals surface area contributed by atoms with Crippen molar-refractivity contribution >= 4 is 15.8 Å². The molecule has 0 saturated heterocycles. The first-order chi connectivity index (χ1) is 4.77. The average Bonchev–Trinajstić information content (AvgIpc) is 1.83. The number of phosphoric acid groups is 1. The molecule has 0 amide bonds. The van der Waals surface area contributed by atoms with Crippen molar-refractivity contribution in [2.24, 2.45) is 0 Å². The zero-order chi connectivity index (χ0) is 9.12. The molecule has 0 N–H and O–H groups in total. The number of hydrogen-bond donors (Lipinski definition) is 0. The summed E-state index contributed by atoms with van der Waals surface area (Å²) in [6.45, 7) is 0. The van der Waals surface area contributed by atoms with E-state index >= 15 is 0 Å². The zero-order valence-corrected chi connectivity index (χ0v) is 7.27. The van der Waals surface area contributed by atoms with Crippen molar-refractivity contribution in [2.75, 3.05) is 0 Å². The van der Waals surface area contributed by atoms with Gasteiger partial charge in [-0.1, -0.05) is 0 Å². The summed E-state index contributed by atoms with van der Waals surface area (Å²) >= 11 is 0. The van der Waals surface area contributed by atoms with Crippen molar-refractivity contribution in [3.8, 4) is 0 Å². The van der Waals surface area contributed by atoms with Gasteiger partial charge in [0.25, 0.3) is 0 Å². The standard InChI is InChI=1S/F3HO6P2.Li/c1-7-11(5,6)9-8-10(2,3)4;/h(H,5,6);/q;+1/p-1. The van der Waals surface area contributed by atoms with Gasteiger partial charge in [0.05, 0.1) is 0 Å². The van der Waals surface area contributed by atoms with Gasteiger partial charge in [-0.25, -0.2) is 4.57 Å². The molecule has 0 radical (unpaired) electrons. The molecule has 0 aliphatic rings. The van der Waals surface area contributed by atoms with E-state index in [1.54, 1.807) is 0 Å². The van der Waals surface area contributed by atoms with Crippen molar-refractivity contribution in [2.45, 2.75) is 0 Å². The molecule has 0 aromatic carbocycles. The Hall–Kier alpha value is 0.687. The van der Waals surface area contributed by atoms with Gasteiger partial charge < -0.3 is 4.89 Å². The number of halogens is 3. The second-order valence-corrected chi connectivity index (χ2v) is 3.24. The molecule has 1 unspecified atom stereocenters. The Morgan fingerprint density at radius 3 is 1.83 bits per heavy atom. The fourth-order valence-corrected chi connectivity index (χ4v) is 0.751. The summed E-state index contributed by atoms with van der Waals surface area (Å²) in [5.74, 6) is 0. The molecular formula is F3LiO6P2. The van der Waals surface area contributed by atoms with Crippen LogP contribution in [0.5, 0.6) is 0 Å². The van der Waals surface area contributed by atoms with Crippen LogP contribution in [0.25, 0.3) is 0 Å². The van der Waals surface area contributed by atoms with Crippen LogP contribution in [0.1, 0.15) is 0 Å². The first kappa shape index (κ1) is 15.2. The predicted molar refractivity (Wildman–Crippen MR) is 21.8 cm³/mol. The third-order valence-electron chi connectivity index (χ3n) is 0.296. The Morgan fingerprint density at radius 1 is 1.17 bits per heavy atom. The molecule has 0 aliphatic heterocycles. The minimum atomic E-state index is -6.12. The van der Waals surface area contributed by atoms with Crippen LogP contribution in [0.3, 0.4) is 0 Å². The van der Waals surface area contributed by atoms with E-state index in [-0.39, 0.29) is 18.9 Å². The van der Waals surface area contributed by atoms with E-state index in [9.17, 15) is 26.9 Å². The first-order valence-electron chi connectivity index (χ1n) is 1.75. The number of hydrogen-bond acceptors (Lipinski definition) is 6. The molecule has 0 spiro atoms. The Bertz CT molecular complexity index is 211. The van der Waals surface area contributed by atoms with Gasteiger partial charge in [-0.3, -0.25) is 4.57 Å². The summed E-state index contributed by atoms with van der Waals surface area (Å²) < 4.78 is 59.1. The minimum absolute atomic E-state index is 0. The van der Waals surface area contributed by atoms with Gasteiger partial charge in [0.15, 0.2) is 0 Å². The number of rotatable bonds is 4. The summed E-state index contributed by atoms with van der Waals surface area (Å²) in [5.41, 5.74) is 0. The van der Waals surface area contributed by atoms with Gasteiger partial charge in [0, 0.05) is 0 Å². The van der Waals surface area contributed by atoms with Gasteiger partial charge in [0.2, 0.25) is 0 Å². The smallest absolute Gasteiger partial charge is 0.753 e. The second-order valence-electron chi connectivity index (χ2n) is 1.08. The maximum absolute atomic E-state index is 11.2. The third-order valence-corrected chi connectivity index (χ3v) is 1.09. The molecule has 12 heavy (non-hydrogen) atoms. The summed E-state index contributed by atoms with van der Waals surface area (Å²) in [5, 5.41) is 0. The molecule has 0 fully saturated rings. The van der Waals surface area contributed by atoms with E-state index in [2.05, 4.69) is 9.35 Å². The van der Waals surface area contributed by atoms with Crippen LogP contribution in [-0.2, 0) is 23.2 Å². The molecule has 0 aromatic rings. The van der Waals surface area contributed by atoms with E-state index in [1.807, 2.05) is 4.73 Å². The molecule has 6 nitrogen and oxygen atoms in total. The normalized spacial score (nSPS) is 16.3. The molecule has 0 bridgehead atoms. The fraction of sp³-hybridized carbons (Fsp3) is 0. The Balaban J connectivity index is 0. The molecule has 0 aliphatic carbocycles. The van der Waals surface area contributed by atoms with Crippen LogP contribution in [0.4, 0.5) is 12.9 Å². The predicted octanol–water partition coefficient (Wildman–Crippen LogP) is -1.64. The zero-order valence-electron chi connectivity index (χ0n) is 5.48. The van der Waals surface area contributed by atoms with E-state index in [4.69, 9.17) is 0 Å². The summed E-state index contributed by atoms with van der Waals surface area (Å²) in [4.78, 5) is 9.67. The van der Waals surface area contributed by atoms with Crippen molar-refractivity contribution in [3.63, 3.8) is 0 Å². The maximum Gasteiger partial charge on any atom is 1.00 e. The molecule has 0 rings (SSSR count). The topological polar surface area (TPSA) is 84.9 Å². The van der Waals surface area contributed by atoms with Crippen LogP contribution in [0.2, 0.25) is 0 Å². The molecule has 0 saturated carbocycles. The van der Waals surface area contributed by atoms with Crippen molar-refractivity contribution in [3.05, 3.63) is 0 Å². The van der Waals surface area contributed by atoms with Crippen molar-refractivity contribution in [1.82, 2.24) is 0 Å². The van der Waals surface area contributed by atoms with Crippen molar-refractivity contribution < 1.29 is 59.9 Å².